The summed E-state index contributed by atoms with van der Waals surface area (Å²) in [7, 11) is 0. The molecular formula is C34H49N3O5S. The summed E-state index contributed by atoms with van der Waals surface area (Å²) in [6.45, 7) is 14.4. The van der Waals surface area contributed by atoms with E-state index in [1.807, 2.05) is 36.1 Å². The molecule has 2 unspecified atom stereocenters. The molecule has 4 rings (SSSR count). The molecule has 1 aromatic rings. The highest BCUT2D eigenvalue weighted by molar-refractivity contribution is 8.02. The second-order valence-electron chi connectivity index (χ2n) is 11.8. The Kier molecular flexibility index (Phi) is 11.8. The third-order valence-corrected chi connectivity index (χ3v) is 11.1. The van der Waals surface area contributed by atoms with Crippen LogP contribution in [0.5, 0.6) is 5.75 Å². The number of rotatable bonds is 18. The molecule has 0 aromatic heterocycles. The summed E-state index contributed by atoms with van der Waals surface area (Å²) in [4.78, 5) is 48.7. The zero-order valence-corrected chi connectivity index (χ0v) is 26.7. The molecule has 1 spiro atoms. The van der Waals surface area contributed by atoms with E-state index in [-0.39, 0.29) is 29.6 Å². The Morgan fingerprint density at radius 3 is 2.47 bits per heavy atom. The zero-order chi connectivity index (χ0) is 31.0. The number of hydrogen-bond acceptors (Lipinski definition) is 6. The summed E-state index contributed by atoms with van der Waals surface area (Å²) in [6, 6.07) is 6.86. The summed E-state index contributed by atoms with van der Waals surface area (Å²) in [6.07, 6.45) is 10.1. The van der Waals surface area contributed by atoms with Gasteiger partial charge in [-0.15, -0.1) is 24.9 Å². The number of hydrogen-bond donors (Lipinski definition) is 1. The van der Waals surface area contributed by atoms with Crippen molar-refractivity contribution in [1.82, 2.24) is 9.80 Å². The van der Waals surface area contributed by atoms with Crippen molar-refractivity contribution in [3.63, 3.8) is 0 Å². The molecule has 3 fully saturated rings. The van der Waals surface area contributed by atoms with Gasteiger partial charge < -0.3 is 24.5 Å². The SMILES string of the molecule is C=CCN(CCCCC)C(=O)C1N(CCCCCO)C(=O)[C@@H]2[C@H](C(=O)N(CC=C)c3ccc(OCC)cc3)[C@@H]3CCC12S3. The van der Waals surface area contributed by atoms with Gasteiger partial charge in [-0.1, -0.05) is 31.9 Å². The molecular weight excluding hydrogens is 562 g/mol. The molecule has 9 heteroatoms. The van der Waals surface area contributed by atoms with Gasteiger partial charge in [0, 0.05) is 43.7 Å². The van der Waals surface area contributed by atoms with E-state index >= 15 is 0 Å². The Morgan fingerprint density at radius 1 is 1.07 bits per heavy atom. The number of benzene rings is 1. The smallest absolute Gasteiger partial charge is 0.247 e. The second-order valence-corrected chi connectivity index (χ2v) is 13.4. The Morgan fingerprint density at radius 2 is 1.81 bits per heavy atom. The fraction of sp³-hybridized carbons (Fsp3) is 0.618. The second kappa shape index (κ2) is 15.3. The molecule has 8 nitrogen and oxygen atoms in total. The number of aliphatic hydroxyl groups is 1. The molecule has 0 saturated carbocycles. The zero-order valence-electron chi connectivity index (χ0n) is 25.9. The number of unbranched alkanes of at least 4 members (excludes halogenated alkanes) is 4. The minimum Gasteiger partial charge on any atom is -0.494 e. The monoisotopic (exact) mass is 611 g/mol. The molecule has 3 saturated heterocycles. The quantitative estimate of drug-likeness (QED) is 0.184. The predicted octanol–water partition coefficient (Wildman–Crippen LogP) is 5.06. The lowest BCUT2D eigenvalue weighted by atomic mass is 9.70. The first kappa shape index (κ1) is 33.1. The standard InChI is InChI=1S/C34H49N3O5S/c1-5-9-11-22-35(20-6-2)33(41)30-34-19-18-27(43-34)28(29(34)32(40)37(30)23-12-10-13-24-38)31(39)36(21-7-3)25-14-16-26(17-15-25)42-8-4/h6-7,14-17,27-30,38H,2-3,5,8-13,18-24H2,1,4H3/t27-,28+,29-,30?,34?/m0/s1. The molecule has 1 N–H and O–H groups in total. The van der Waals surface area contributed by atoms with Gasteiger partial charge in [0.25, 0.3) is 0 Å². The van der Waals surface area contributed by atoms with Crippen molar-refractivity contribution in [3.8, 4) is 5.75 Å². The van der Waals surface area contributed by atoms with Crippen LogP contribution in [0, 0.1) is 11.8 Å². The van der Waals surface area contributed by atoms with E-state index in [1.165, 1.54) is 0 Å². The Labute approximate surface area is 261 Å². The third kappa shape index (κ3) is 6.68. The van der Waals surface area contributed by atoms with E-state index in [4.69, 9.17) is 4.74 Å². The summed E-state index contributed by atoms with van der Waals surface area (Å²) in [5.74, 6) is -0.507. The van der Waals surface area contributed by atoms with Crippen LogP contribution in [0.25, 0.3) is 0 Å². The average molecular weight is 612 g/mol. The summed E-state index contributed by atoms with van der Waals surface area (Å²) >= 11 is 1.71. The van der Waals surface area contributed by atoms with Crippen molar-refractivity contribution in [2.45, 2.75) is 81.3 Å². The van der Waals surface area contributed by atoms with Crippen LogP contribution in [0.15, 0.2) is 49.6 Å². The lowest BCUT2D eigenvalue weighted by Crippen LogP contribution is -2.55. The van der Waals surface area contributed by atoms with Crippen molar-refractivity contribution >= 4 is 35.2 Å². The van der Waals surface area contributed by atoms with Crippen molar-refractivity contribution in [2.75, 3.05) is 44.3 Å². The molecule has 0 radical (unpaired) electrons. The van der Waals surface area contributed by atoms with E-state index < -0.39 is 22.6 Å². The topological polar surface area (TPSA) is 90.4 Å². The van der Waals surface area contributed by atoms with E-state index in [0.29, 0.717) is 45.6 Å². The molecule has 43 heavy (non-hydrogen) atoms. The van der Waals surface area contributed by atoms with Crippen molar-refractivity contribution in [2.24, 2.45) is 11.8 Å². The fourth-order valence-corrected chi connectivity index (χ4v) is 9.43. The maximum absolute atomic E-state index is 14.4. The maximum Gasteiger partial charge on any atom is 0.247 e. The lowest BCUT2D eigenvalue weighted by molar-refractivity contribution is -0.142. The number of ether oxygens (including phenoxy) is 1. The van der Waals surface area contributed by atoms with Crippen LogP contribution in [-0.4, -0.2) is 88.1 Å². The van der Waals surface area contributed by atoms with Crippen LogP contribution >= 0.6 is 11.8 Å². The molecule has 3 heterocycles. The van der Waals surface area contributed by atoms with Gasteiger partial charge in [0.2, 0.25) is 17.7 Å². The predicted molar refractivity (Wildman–Crippen MR) is 173 cm³/mol. The summed E-state index contributed by atoms with van der Waals surface area (Å²) < 4.78 is 4.97. The number of thioether (sulfide) groups is 1. The van der Waals surface area contributed by atoms with Gasteiger partial charge >= 0.3 is 0 Å². The Balaban J connectivity index is 1.67. The van der Waals surface area contributed by atoms with Crippen LogP contribution in [0.2, 0.25) is 0 Å². The molecule has 1 aromatic carbocycles. The fourth-order valence-electron chi connectivity index (χ4n) is 7.22. The van der Waals surface area contributed by atoms with Crippen LogP contribution in [0.4, 0.5) is 5.69 Å². The number of likely N-dealkylation sites (tertiary alicyclic amines) is 1. The van der Waals surface area contributed by atoms with Gasteiger partial charge in [-0.2, -0.15) is 0 Å². The number of carbonyl (C=O) groups is 3. The molecule has 2 bridgehead atoms. The average Bonchev–Trinajstić information content (AvgIpc) is 3.65. The largest absolute Gasteiger partial charge is 0.494 e. The van der Waals surface area contributed by atoms with Crippen molar-refractivity contribution < 1.29 is 24.2 Å². The van der Waals surface area contributed by atoms with Crippen LogP contribution in [-0.2, 0) is 14.4 Å². The van der Waals surface area contributed by atoms with Crippen LogP contribution in [0.3, 0.4) is 0 Å². The van der Waals surface area contributed by atoms with Gasteiger partial charge in [-0.3, -0.25) is 14.4 Å². The number of anilines is 1. The van der Waals surface area contributed by atoms with Crippen molar-refractivity contribution in [3.05, 3.63) is 49.6 Å². The van der Waals surface area contributed by atoms with Crippen LogP contribution < -0.4 is 9.64 Å². The minimum atomic E-state index is -0.626. The number of nitrogens with zero attached hydrogens (tertiary/aromatic N) is 3. The molecule has 0 aliphatic carbocycles. The van der Waals surface area contributed by atoms with Gasteiger partial charge in [-0.25, -0.2) is 0 Å². The number of carbonyl (C=O) groups excluding carboxylic acids is 3. The van der Waals surface area contributed by atoms with E-state index in [1.54, 1.807) is 33.7 Å². The molecule has 3 aliphatic rings. The third-order valence-electron chi connectivity index (χ3n) is 9.11. The Hall–Kier alpha value is -2.78. The first-order chi connectivity index (χ1) is 20.9. The Bertz CT molecular complexity index is 1140. The highest BCUT2D eigenvalue weighted by Crippen LogP contribution is 2.66. The first-order valence-corrected chi connectivity index (χ1v) is 16.9. The summed E-state index contributed by atoms with van der Waals surface area (Å²) in [5.41, 5.74) is 0.738. The minimum absolute atomic E-state index is 0.0174. The van der Waals surface area contributed by atoms with E-state index in [9.17, 15) is 19.5 Å². The van der Waals surface area contributed by atoms with E-state index in [2.05, 4.69) is 20.1 Å². The van der Waals surface area contributed by atoms with Gasteiger partial charge in [0.15, 0.2) is 0 Å². The van der Waals surface area contributed by atoms with Gasteiger partial charge in [0.1, 0.15) is 11.8 Å². The number of fused-ring (bicyclic) bond motifs is 1. The highest BCUT2D eigenvalue weighted by atomic mass is 32.2. The molecule has 3 aliphatic heterocycles. The summed E-state index contributed by atoms with van der Waals surface area (Å²) in [5, 5.41) is 9.30. The highest BCUT2D eigenvalue weighted by Gasteiger charge is 2.74. The molecule has 5 atom stereocenters. The normalized spacial score (nSPS) is 25.5. The number of aliphatic hydroxyl groups excluding tert-OH is 1. The lowest BCUT2D eigenvalue weighted by Gasteiger charge is -2.37. The molecule has 236 valence electrons. The van der Waals surface area contributed by atoms with Gasteiger partial charge in [-0.05, 0) is 69.7 Å². The van der Waals surface area contributed by atoms with Crippen molar-refractivity contribution in [1.29, 1.82) is 0 Å². The van der Waals surface area contributed by atoms with Crippen LogP contribution in [0.1, 0.15) is 65.2 Å². The first-order valence-electron chi connectivity index (χ1n) is 16.0. The number of amides is 3. The molecule has 3 amide bonds. The van der Waals surface area contributed by atoms with Gasteiger partial charge in [0.05, 0.1) is 23.2 Å². The van der Waals surface area contributed by atoms with E-state index in [0.717, 1.165) is 50.0 Å². The maximum atomic E-state index is 14.4.